The van der Waals surface area contributed by atoms with E-state index in [1.807, 2.05) is 0 Å². The van der Waals surface area contributed by atoms with Gasteiger partial charge in [0, 0.05) is 12.3 Å². The normalized spacial score (nSPS) is 63.3. The van der Waals surface area contributed by atoms with Crippen molar-refractivity contribution >= 4 is 0 Å². The number of ether oxygens (including phenoxy) is 2. The van der Waals surface area contributed by atoms with Gasteiger partial charge in [0.1, 0.15) is 0 Å². The molecule has 176 valence electrons. The summed E-state index contributed by atoms with van der Waals surface area (Å²) in [6.45, 7) is 10.4. The zero-order chi connectivity index (χ0) is 21.8. The molecule has 0 bridgehead atoms. The third kappa shape index (κ3) is 2.80. The van der Waals surface area contributed by atoms with Crippen LogP contribution < -0.4 is 0 Å². The van der Waals surface area contributed by atoms with Crippen LogP contribution in [0.15, 0.2) is 0 Å². The highest BCUT2D eigenvalue weighted by atomic mass is 16.7. The van der Waals surface area contributed by atoms with E-state index in [0.29, 0.717) is 47.5 Å². The van der Waals surface area contributed by atoms with Crippen molar-refractivity contribution in [2.75, 3.05) is 6.61 Å². The first-order valence-electron chi connectivity index (χ1n) is 13.4. The van der Waals surface area contributed by atoms with Gasteiger partial charge >= 0.3 is 0 Å². The number of fused-ring (bicyclic) bond motifs is 7. The molecule has 0 aromatic heterocycles. The topological polar surface area (TPSA) is 58.9 Å². The summed E-state index contributed by atoms with van der Waals surface area (Å²) >= 11 is 0. The Bertz CT molecular complexity index is 716. The maximum Gasteiger partial charge on any atom is 0.171 e. The average molecular weight is 433 g/mol. The van der Waals surface area contributed by atoms with E-state index >= 15 is 0 Å². The minimum absolute atomic E-state index is 0.130. The van der Waals surface area contributed by atoms with E-state index in [4.69, 9.17) is 9.47 Å². The number of aliphatic hydroxyl groups excluding tert-OH is 2. The number of aliphatic hydroxyl groups is 2. The van der Waals surface area contributed by atoms with Crippen molar-refractivity contribution in [1.82, 2.24) is 0 Å². The maximum absolute atomic E-state index is 11.7. The molecule has 1 spiro atoms. The van der Waals surface area contributed by atoms with Gasteiger partial charge in [-0.25, -0.2) is 0 Å². The third-order valence-corrected chi connectivity index (χ3v) is 11.8. The zero-order valence-corrected chi connectivity index (χ0v) is 20.1. The average Bonchev–Trinajstić information content (AvgIpc) is 3.15. The molecule has 3 unspecified atom stereocenters. The minimum atomic E-state index is -0.374. The molecule has 0 aromatic carbocycles. The van der Waals surface area contributed by atoms with E-state index in [9.17, 15) is 10.2 Å². The predicted molar refractivity (Wildman–Crippen MR) is 119 cm³/mol. The van der Waals surface area contributed by atoms with Crippen LogP contribution in [0.25, 0.3) is 0 Å². The van der Waals surface area contributed by atoms with Gasteiger partial charge in [0.2, 0.25) is 0 Å². The van der Waals surface area contributed by atoms with Crippen LogP contribution in [-0.4, -0.2) is 40.9 Å². The van der Waals surface area contributed by atoms with Crippen molar-refractivity contribution in [3.8, 4) is 0 Å². The van der Waals surface area contributed by atoms with Crippen molar-refractivity contribution in [3.05, 3.63) is 0 Å². The molecule has 4 nitrogen and oxygen atoms in total. The lowest BCUT2D eigenvalue weighted by atomic mass is 9.43. The first-order valence-corrected chi connectivity index (χ1v) is 13.4. The third-order valence-electron chi connectivity index (χ3n) is 11.8. The van der Waals surface area contributed by atoms with Crippen molar-refractivity contribution in [2.24, 2.45) is 52.3 Å². The Labute approximate surface area is 188 Å². The summed E-state index contributed by atoms with van der Waals surface area (Å²) in [5.41, 5.74) is 0.342. The number of hydrogen-bond acceptors (Lipinski definition) is 4. The SMILES string of the molecule is C[C@@H]1CC[C@@]2(OC1)O[C@H]1C[C@H]3[C@@H]4CCC5CC(O)CC[C@]5(C)[C@H]4C(O)C[C@]3(C)[C@H]1[C@@H]2C. The molecule has 13 atom stereocenters. The Morgan fingerprint density at radius 1 is 0.871 bits per heavy atom. The molecule has 6 aliphatic rings. The zero-order valence-electron chi connectivity index (χ0n) is 20.1. The largest absolute Gasteiger partial charge is 0.393 e. The molecule has 2 heterocycles. The highest BCUT2D eigenvalue weighted by Crippen LogP contribution is 2.71. The Hall–Kier alpha value is -0.160. The molecule has 4 saturated carbocycles. The number of rotatable bonds is 0. The lowest BCUT2D eigenvalue weighted by Crippen LogP contribution is -2.59. The van der Waals surface area contributed by atoms with E-state index in [1.54, 1.807) is 0 Å². The number of hydrogen-bond donors (Lipinski definition) is 2. The summed E-state index contributed by atoms with van der Waals surface area (Å²) in [7, 11) is 0. The summed E-state index contributed by atoms with van der Waals surface area (Å²) in [6.07, 6.45) is 9.63. The Balaban J connectivity index is 1.29. The maximum atomic E-state index is 11.7. The Morgan fingerprint density at radius 2 is 1.68 bits per heavy atom. The fraction of sp³-hybridized carbons (Fsp3) is 1.00. The fourth-order valence-corrected chi connectivity index (χ4v) is 10.4. The predicted octanol–water partition coefficient (Wildman–Crippen LogP) is 4.76. The van der Waals surface area contributed by atoms with Crippen molar-refractivity contribution in [1.29, 1.82) is 0 Å². The summed E-state index contributed by atoms with van der Waals surface area (Å²) in [5, 5.41) is 22.0. The van der Waals surface area contributed by atoms with Crippen molar-refractivity contribution in [2.45, 2.75) is 110 Å². The molecule has 6 rings (SSSR count). The molecule has 2 N–H and O–H groups in total. The Kier molecular flexibility index (Phi) is 4.78. The summed E-state index contributed by atoms with van der Waals surface area (Å²) in [4.78, 5) is 0. The van der Waals surface area contributed by atoms with Crippen LogP contribution in [0.1, 0.15) is 85.5 Å². The van der Waals surface area contributed by atoms with E-state index in [2.05, 4.69) is 27.7 Å². The molecular formula is C27H44O4. The van der Waals surface area contributed by atoms with Crippen LogP contribution in [-0.2, 0) is 9.47 Å². The van der Waals surface area contributed by atoms with Gasteiger partial charge in [-0.3, -0.25) is 0 Å². The summed E-state index contributed by atoms with van der Waals surface area (Å²) in [5.74, 6) is 3.40. The molecule has 2 aliphatic heterocycles. The van der Waals surface area contributed by atoms with Gasteiger partial charge in [-0.15, -0.1) is 0 Å². The van der Waals surface area contributed by atoms with E-state index in [1.165, 1.54) is 19.3 Å². The van der Waals surface area contributed by atoms with Crippen LogP contribution >= 0.6 is 0 Å². The summed E-state index contributed by atoms with van der Waals surface area (Å²) < 4.78 is 13.3. The minimum Gasteiger partial charge on any atom is -0.393 e. The van der Waals surface area contributed by atoms with Crippen LogP contribution in [0, 0.1) is 52.3 Å². The van der Waals surface area contributed by atoms with Crippen LogP contribution in [0.2, 0.25) is 0 Å². The molecule has 2 saturated heterocycles. The highest BCUT2D eigenvalue weighted by Gasteiger charge is 2.70. The second kappa shape index (κ2) is 6.93. The first kappa shape index (κ1) is 21.4. The van der Waals surface area contributed by atoms with E-state index in [0.717, 1.165) is 45.1 Å². The van der Waals surface area contributed by atoms with E-state index in [-0.39, 0.29) is 28.8 Å². The van der Waals surface area contributed by atoms with Crippen LogP contribution in [0.5, 0.6) is 0 Å². The van der Waals surface area contributed by atoms with Gasteiger partial charge in [0.25, 0.3) is 0 Å². The molecule has 0 radical (unpaired) electrons. The van der Waals surface area contributed by atoms with Crippen LogP contribution in [0.3, 0.4) is 0 Å². The quantitative estimate of drug-likeness (QED) is 0.579. The molecule has 0 aromatic rings. The van der Waals surface area contributed by atoms with Gasteiger partial charge in [-0.2, -0.15) is 0 Å². The monoisotopic (exact) mass is 432 g/mol. The van der Waals surface area contributed by atoms with E-state index < -0.39 is 0 Å². The van der Waals surface area contributed by atoms with Gasteiger partial charge in [-0.1, -0.05) is 27.7 Å². The van der Waals surface area contributed by atoms with Gasteiger partial charge in [-0.05, 0) is 97.7 Å². The molecular weight excluding hydrogens is 388 g/mol. The molecule has 4 heteroatoms. The highest BCUT2D eigenvalue weighted by molar-refractivity contribution is 5.17. The smallest absolute Gasteiger partial charge is 0.171 e. The molecule has 31 heavy (non-hydrogen) atoms. The van der Waals surface area contributed by atoms with Gasteiger partial charge in [0.15, 0.2) is 5.79 Å². The lowest BCUT2D eigenvalue weighted by Gasteiger charge is -2.62. The molecule has 4 aliphatic carbocycles. The van der Waals surface area contributed by atoms with Gasteiger partial charge in [0.05, 0.1) is 24.9 Å². The molecule has 6 fully saturated rings. The fourth-order valence-electron chi connectivity index (χ4n) is 10.4. The summed E-state index contributed by atoms with van der Waals surface area (Å²) in [6, 6.07) is 0. The van der Waals surface area contributed by atoms with Gasteiger partial charge < -0.3 is 19.7 Å². The van der Waals surface area contributed by atoms with Crippen molar-refractivity contribution < 1.29 is 19.7 Å². The van der Waals surface area contributed by atoms with Crippen molar-refractivity contribution in [3.63, 3.8) is 0 Å². The van der Waals surface area contributed by atoms with Crippen LogP contribution in [0.4, 0.5) is 0 Å². The standard InChI is InChI=1S/C27H44O4/c1-15-7-10-27(30-14-15)16(2)23-22(31-27)12-20-19-6-5-17-11-18(28)8-9-25(17,3)24(19)21(29)13-26(20,23)4/h15-24,28-29H,5-14H2,1-4H3/t15-,16+,17?,18?,19+,20+,21?,22+,23+,24-,25+,26+,27-/m1/s1. The Morgan fingerprint density at radius 3 is 2.42 bits per heavy atom. The second-order valence-electron chi connectivity index (χ2n) is 13.3. The molecule has 0 amide bonds. The first-order chi connectivity index (χ1) is 14.7. The second-order valence-corrected chi connectivity index (χ2v) is 13.3. The lowest BCUT2D eigenvalue weighted by molar-refractivity contribution is -0.274.